The quantitative estimate of drug-likeness (QED) is 0.265. The fraction of sp³-hybridized carbons (Fsp3) is 0.688. The van der Waals surface area contributed by atoms with Crippen LogP contribution in [0.1, 0.15) is 31.1 Å². The highest BCUT2D eigenvalue weighted by Gasteiger charge is 2.17. The molecular weight excluding hydrogens is 487 g/mol. The SMILES string of the molecule is CCNC(=NCc1cccs1)NCCS(=O)(=O)NCC1CCCCO1.I. The van der Waals surface area contributed by atoms with Crippen molar-refractivity contribution in [2.75, 3.05) is 32.0 Å². The van der Waals surface area contributed by atoms with Gasteiger partial charge >= 0.3 is 0 Å². The van der Waals surface area contributed by atoms with Crippen LogP contribution in [-0.2, 0) is 21.3 Å². The van der Waals surface area contributed by atoms with Crippen LogP contribution in [0.3, 0.4) is 0 Å². The topological polar surface area (TPSA) is 91.8 Å². The number of nitrogens with zero attached hydrogens (tertiary/aromatic N) is 1. The van der Waals surface area contributed by atoms with Gasteiger partial charge in [-0.1, -0.05) is 6.07 Å². The fourth-order valence-corrected chi connectivity index (χ4v) is 4.05. The highest BCUT2D eigenvalue weighted by atomic mass is 127. The van der Waals surface area contributed by atoms with E-state index in [0.717, 1.165) is 32.4 Å². The Labute approximate surface area is 177 Å². The molecule has 1 fully saturated rings. The van der Waals surface area contributed by atoms with Crippen molar-refractivity contribution in [3.05, 3.63) is 22.4 Å². The molecule has 1 aromatic rings. The minimum Gasteiger partial charge on any atom is -0.377 e. The lowest BCUT2D eigenvalue weighted by Gasteiger charge is -2.22. The largest absolute Gasteiger partial charge is 0.377 e. The maximum Gasteiger partial charge on any atom is 0.213 e. The van der Waals surface area contributed by atoms with Gasteiger partial charge in [0, 0.05) is 31.1 Å². The maximum absolute atomic E-state index is 12.1. The van der Waals surface area contributed by atoms with Crippen molar-refractivity contribution < 1.29 is 13.2 Å². The van der Waals surface area contributed by atoms with E-state index in [2.05, 4.69) is 20.3 Å². The lowest BCUT2D eigenvalue weighted by molar-refractivity contribution is 0.0200. The van der Waals surface area contributed by atoms with Gasteiger partial charge in [-0.2, -0.15) is 0 Å². The second-order valence-corrected chi connectivity index (χ2v) is 8.82. The first kappa shape index (κ1) is 23.6. The number of sulfonamides is 1. The normalized spacial score (nSPS) is 18.2. The molecule has 3 N–H and O–H groups in total. The predicted molar refractivity (Wildman–Crippen MR) is 118 cm³/mol. The van der Waals surface area contributed by atoms with Gasteiger partial charge in [0.05, 0.1) is 18.4 Å². The van der Waals surface area contributed by atoms with Crippen LogP contribution >= 0.6 is 35.3 Å². The summed E-state index contributed by atoms with van der Waals surface area (Å²) in [5.74, 6) is 0.630. The highest BCUT2D eigenvalue weighted by molar-refractivity contribution is 14.0. The Morgan fingerprint density at radius 3 is 2.88 bits per heavy atom. The van der Waals surface area contributed by atoms with E-state index in [0.29, 0.717) is 25.6 Å². The predicted octanol–water partition coefficient (Wildman–Crippen LogP) is 1.91. The summed E-state index contributed by atoms with van der Waals surface area (Å²) in [6.45, 7) is 4.66. The molecule has 2 rings (SSSR count). The van der Waals surface area contributed by atoms with Crippen molar-refractivity contribution in [1.82, 2.24) is 15.4 Å². The van der Waals surface area contributed by atoms with E-state index in [1.54, 1.807) is 11.3 Å². The van der Waals surface area contributed by atoms with E-state index in [4.69, 9.17) is 4.74 Å². The first-order valence-corrected chi connectivity index (χ1v) is 11.3. The summed E-state index contributed by atoms with van der Waals surface area (Å²) >= 11 is 1.65. The van der Waals surface area contributed by atoms with E-state index < -0.39 is 10.0 Å². The van der Waals surface area contributed by atoms with Crippen LogP contribution in [0.5, 0.6) is 0 Å². The molecule has 0 spiro atoms. The molecule has 1 unspecified atom stereocenters. The Kier molecular flexibility index (Phi) is 11.7. The first-order chi connectivity index (χ1) is 12.1. The summed E-state index contributed by atoms with van der Waals surface area (Å²) < 4.78 is 32.4. The van der Waals surface area contributed by atoms with Crippen LogP contribution in [0, 0.1) is 0 Å². The molecule has 10 heteroatoms. The Morgan fingerprint density at radius 1 is 1.38 bits per heavy atom. The monoisotopic (exact) mass is 516 g/mol. The van der Waals surface area contributed by atoms with Gasteiger partial charge < -0.3 is 15.4 Å². The summed E-state index contributed by atoms with van der Waals surface area (Å²) in [5, 5.41) is 8.21. The van der Waals surface area contributed by atoms with Crippen LogP contribution in [0.2, 0.25) is 0 Å². The average Bonchev–Trinajstić information content (AvgIpc) is 3.12. The third-order valence-electron chi connectivity index (χ3n) is 3.79. The Balaban J connectivity index is 0.00000338. The molecule has 0 saturated carbocycles. The average molecular weight is 516 g/mol. The standard InChI is InChI=1S/C16H28N4O3S2.HI/c1-2-17-16(19-13-15-7-5-10-24-15)18-8-11-25(21,22)20-12-14-6-3-4-9-23-14;/h5,7,10,14,20H,2-4,6,8-9,11-13H2,1H3,(H2,17,18,19);1H. The smallest absolute Gasteiger partial charge is 0.213 e. The van der Waals surface area contributed by atoms with Crippen molar-refractivity contribution in [2.24, 2.45) is 4.99 Å². The van der Waals surface area contributed by atoms with Crippen molar-refractivity contribution in [3.8, 4) is 0 Å². The van der Waals surface area contributed by atoms with Gasteiger partial charge in [0.15, 0.2) is 5.96 Å². The number of aliphatic imine (C=N–C) groups is 1. The van der Waals surface area contributed by atoms with E-state index in [1.165, 1.54) is 4.88 Å². The molecule has 0 amide bonds. The number of halogens is 1. The van der Waals surface area contributed by atoms with Gasteiger partial charge in [0.25, 0.3) is 0 Å². The number of guanidine groups is 1. The van der Waals surface area contributed by atoms with Crippen LogP contribution in [0.15, 0.2) is 22.5 Å². The van der Waals surface area contributed by atoms with E-state index in [-0.39, 0.29) is 35.8 Å². The zero-order chi connectivity index (χ0) is 18.0. The molecule has 0 radical (unpaired) electrons. The fourth-order valence-electron chi connectivity index (χ4n) is 2.47. The second-order valence-electron chi connectivity index (χ2n) is 5.86. The zero-order valence-corrected chi connectivity index (χ0v) is 19.0. The summed E-state index contributed by atoms with van der Waals surface area (Å²) in [6, 6.07) is 4.02. The van der Waals surface area contributed by atoms with Crippen LogP contribution in [-0.4, -0.2) is 52.5 Å². The maximum atomic E-state index is 12.1. The number of ether oxygens (including phenoxy) is 1. The molecular formula is C16H29IN4O3S2. The summed E-state index contributed by atoms with van der Waals surface area (Å²) in [4.78, 5) is 5.63. The first-order valence-electron chi connectivity index (χ1n) is 8.72. The van der Waals surface area contributed by atoms with Crippen LogP contribution in [0.4, 0.5) is 0 Å². The van der Waals surface area contributed by atoms with Gasteiger partial charge in [-0.15, -0.1) is 35.3 Å². The molecule has 2 heterocycles. The summed E-state index contributed by atoms with van der Waals surface area (Å²) in [7, 11) is -3.32. The number of hydrogen-bond donors (Lipinski definition) is 3. The third kappa shape index (κ3) is 9.49. The van der Waals surface area contributed by atoms with Gasteiger partial charge in [0.2, 0.25) is 10.0 Å². The number of rotatable bonds is 9. The Bertz CT molecular complexity index is 617. The molecule has 0 bridgehead atoms. The molecule has 26 heavy (non-hydrogen) atoms. The van der Waals surface area contributed by atoms with Crippen molar-refractivity contribution in [3.63, 3.8) is 0 Å². The minimum absolute atomic E-state index is 0. The Morgan fingerprint density at radius 2 is 2.23 bits per heavy atom. The zero-order valence-electron chi connectivity index (χ0n) is 15.1. The van der Waals surface area contributed by atoms with Gasteiger partial charge in [0.1, 0.15) is 0 Å². The Hall–Kier alpha value is -0.430. The van der Waals surface area contributed by atoms with E-state index >= 15 is 0 Å². The molecule has 7 nitrogen and oxygen atoms in total. The van der Waals surface area contributed by atoms with Crippen LogP contribution in [0.25, 0.3) is 0 Å². The molecule has 1 saturated heterocycles. The molecule has 150 valence electrons. The summed E-state index contributed by atoms with van der Waals surface area (Å²) in [6.07, 6.45) is 3.08. The number of hydrogen-bond acceptors (Lipinski definition) is 5. The van der Waals surface area contributed by atoms with Crippen molar-refractivity contribution in [1.29, 1.82) is 0 Å². The van der Waals surface area contributed by atoms with E-state index in [9.17, 15) is 8.42 Å². The second kappa shape index (κ2) is 12.9. The summed E-state index contributed by atoms with van der Waals surface area (Å²) in [5.41, 5.74) is 0. The van der Waals surface area contributed by atoms with Crippen molar-refractivity contribution >= 4 is 51.3 Å². The van der Waals surface area contributed by atoms with Crippen molar-refractivity contribution in [2.45, 2.75) is 38.8 Å². The minimum atomic E-state index is -3.32. The number of thiophene rings is 1. The van der Waals surface area contributed by atoms with Crippen LogP contribution < -0.4 is 15.4 Å². The highest BCUT2D eigenvalue weighted by Crippen LogP contribution is 2.12. The molecule has 1 aliphatic rings. The molecule has 0 aromatic carbocycles. The van der Waals surface area contributed by atoms with Gasteiger partial charge in [-0.05, 0) is 37.6 Å². The molecule has 0 aliphatic carbocycles. The lowest BCUT2D eigenvalue weighted by atomic mass is 10.1. The lowest BCUT2D eigenvalue weighted by Crippen LogP contribution is -2.42. The third-order valence-corrected chi connectivity index (χ3v) is 5.99. The molecule has 1 aliphatic heterocycles. The van der Waals surface area contributed by atoms with E-state index in [1.807, 2.05) is 24.4 Å². The molecule has 1 atom stereocenters. The van der Waals surface area contributed by atoms with Gasteiger partial charge in [-0.3, -0.25) is 0 Å². The number of nitrogens with one attached hydrogen (secondary N) is 3. The van der Waals surface area contributed by atoms with Gasteiger partial charge in [-0.25, -0.2) is 18.1 Å². The molecule has 1 aromatic heterocycles.